The fourth-order valence-corrected chi connectivity index (χ4v) is 1.26. The quantitative estimate of drug-likeness (QED) is 0.824. The van der Waals surface area contributed by atoms with E-state index in [2.05, 4.69) is 5.32 Å². The minimum atomic E-state index is 0.338. The van der Waals surface area contributed by atoms with Gasteiger partial charge in [-0.2, -0.15) is 5.26 Å². The van der Waals surface area contributed by atoms with Crippen molar-refractivity contribution in [2.24, 2.45) is 0 Å². The van der Waals surface area contributed by atoms with Crippen molar-refractivity contribution in [2.45, 2.75) is 13.1 Å². The summed E-state index contributed by atoms with van der Waals surface area (Å²) in [6.45, 7) is 1.23. The minimum Gasteiger partial charge on any atom is -0.468 e. The van der Waals surface area contributed by atoms with Gasteiger partial charge in [-0.05, 0) is 24.3 Å². The van der Waals surface area contributed by atoms with Crippen LogP contribution in [0.15, 0.2) is 39.4 Å². The lowest BCUT2D eigenvalue weighted by molar-refractivity contribution is 0.447. The Morgan fingerprint density at radius 3 is 2.73 bits per heavy atom. The van der Waals surface area contributed by atoms with Crippen molar-refractivity contribution in [1.82, 2.24) is 5.32 Å². The van der Waals surface area contributed by atoms with Gasteiger partial charge in [0.15, 0.2) is 0 Å². The van der Waals surface area contributed by atoms with Crippen LogP contribution in [-0.4, -0.2) is 0 Å². The van der Waals surface area contributed by atoms with Crippen LogP contribution in [0.2, 0.25) is 0 Å². The molecule has 0 atom stereocenters. The Kier molecular flexibility index (Phi) is 2.86. The molecule has 0 saturated heterocycles. The second-order valence-electron chi connectivity index (χ2n) is 3.06. The number of furan rings is 2. The van der Waals surface area contributed by atoms with E-state index in [0.717, 1.165) is 11.5 Å². The van der Waals surface area contributed by atoms with Crippen molar-refractivity contribution in [3.05, 3.63) is 47.8 Å². The summed E-state index contributed by atoms with van der Waals surface area (Å²) in [5.41, 5.74) is 0. The third-order valence-corrected chi connectivity index (χ3v) is 1.95. The highest BCUT2D eigenvalue weighted by Crippen LogP contribution is 2.06. The maximum atomic E-state index is 8.55. The van der Waals surface area contributed by atoms with Gasteiger partial charge in [-0.25, -0.2) is 0 Å². The second kappa shape index (κ2) is 4.49. The van der Waals surface area contributed by atoms with Crippen molar-refractivity contribution in [3.63, 3.8) is 0 Å². The maximum absolute atomic E-state index is 8.55. The van der Waals surface area contributed by atoms with Gasteiger partial charge in [-0.3, -0.25) is 0 Å². The molecule has 0 saturated carbocycles. The fraction of sp³-hybridized carbons (Fsp3) is 0.182. The summed E-state index contributed by atoms with van der Waals surface area (Å²) in [4.78, 5) is 0. The van der Waals surface area contributed by atoms with Gasteiger partial charge in [-0.1, -0.05) is 0 Å². The molecule has 15 heavy (non-hydrogen) atoms. The Morgan fingerprint density at radius 2 is 2.07 bits per heavy atom. The number of nitriles is 1. The summed E-state index contributed by atoms with van der Waals surface area (Å²) < 4.78 is 10.4. The first-order valence-corrected chi connectivity index (χ1v) is 4.60. The first-order chi connectivity index (χ1) is 7.38. The Morgan fingerprint density at radius 1 is 1.20 bits per heavy atom. The zero-order chi connectivity index (χ0) is 10.5. The van der Waals surface area contributed by atoms with E-state index in [4.69, 9.17) is 14.1 Å². The molecular formula is C11H10N2O2. The lowest BCUT2D eigenvalue weighted by Gasteiger charge is -1.98. The van der Waals surface area contributed by atoms with Crippen molar-refractivity contribution < 1.29 is 8.83 Å². The van der Waals surface area contributed by atoms with Gasteiger partial charge in [0.25, 0.3) is 0 Å². The predicted octanol–water partition coefficient (Wildman–Crippen LogP) is 2.03. The van der Waals surface area contributed by atoms with Gasteiger partial charge in [-0.15, -0.1) is 0 Å². The van der Waals surface area contributed by atoms with Crippen LogP contribution >= 0.6 is 0 Å². The summed E-state index contributed by atoms with van der Waals surface area (Å²) in [5.74, 6) is 1.96. The van der Waals surface area contributed by atoms with Crippen LogP contribution in [-0.2, 0) is 13.1 Å². The molecule has 4 heteroatoms. The first-order valence-electron chi connectivity index (χ1n) is 4.60. The summed E-state index contributed by atoms with van der Waals surface area (Å²) in [5, 5.41) is 11.7. The molecule has 2 rings (SSSR count). The number of nitrogens with zero attached hydrogens (tertiary/aromatic N) is 1. The summed E-state index contributed by atoms with van der Waals surface area (Å²) >= 11 is 0. The molecule has 0 spiro atoms. The van der Waals surface area contributed by atoms with Crippen LogP contribution < -0.4 is 5.32 Å². The van der Waals surface area contributed by atoms with Crippen molar-refractivity contribution in [2.75, 3.05) is 0 Å². The van der Waals surface area contributed by atoms with E-state index in [9.17, 15) is 0 Å². The second-order valence-corrected chi connectivity index (χ2v) is 3.06. The molecule has 1 N–H and O–H groups in total. The van der Waals surface area contributed by atoms with Crippen molar-refractivity contribution in [3.8, 4) is 6.07 Å². The number of nitrogens with one attached hydrogen (secondary N) is 1. The molecule has 0 unspecified atom stereocenters. The Balaban J connectivity index is 1.81. The Labute approximate surface area is 87.1 Å². The van der Waals surface area contributed by atoms with Crippen LogP contribution in [0.1, 0.15) is 17.3 Å². The standard InChI is InChI=1S/C11H10N2O2/c12-6-9-3-4-11(15-9)8-13-7-10-2-1-5-14-10/h1-5,13H,7-8H2. The van der Waals surface area contributed by atoms with Crippen LogP contribution in [0.5, 0.6) is 0 Å². The van der Waals surface area contributed by atoms with E-state index in [1.165, 1.54) is 0 Å². The van der Waals surface area contributed by atoms with Crippen molar-refractivity contribution in [1.29, 1.82) is 5.26 Å². The number of rotatable bonds is 4. The van der Waals surface area contributed by atoms with Gasteiger partial charge in [0.2, 0.25) is 5.76 Å². The van der Waals surface area contributed by atoms with Crippen LogP contribution in [0.4, 0.5) is 0 Å². The fourth-order valence-electron chi connectivity index (χ4n) is 1.26. The third-order valence-electron chi connectivity index (χ3n) is 1.95. The van der Waals surface area contributed by atoms with Gasteiger partial charge in [0, 0.05) is 0 Å². The van der Waals surface area contributed by atoms with E-state index in [1.54, 1.807) is 18.4 Å². The summed E-state index contributed by atoms with van der Waals surface area (Å²) in [6.07, 6.45) is 1.64. The SMILES string of the molecule is N#Cc1ccc(CNCc2ccco2)o1. The molecule has 76 valence electrons. The van der Waals surface area contributed by atoms with E-state index >= 15 is 0 Å². The monoisotopic (exact) mass is 202 g/mol. The molecule has 0 fully saturated rings. The molecule has 0 amide bonds. The van der Waals surface area contributed by atoms with Crippen LogP contribution in [0.25, 0.3) is 0 Å². The van der Waals surface area contributed by atoms with E-state index in [1.807, 2.05) is 18.2 Å². The average Bonchev–Trinajstić information content (AvgIpc) is 2.88. The first kappa shape index (κ1) is 9.56. The van der Waals surface area contributed by atoms with E-state index in [-0.39, 0.29) is 0 Å². The smallest absolute Gasteiger partial charge is 0.203 e. The maximum Gasteiger partial charge on any atom is 0.203 e. The molecule has 2 heterocycles. The van der Waals surface area contributed by atoms with Gasteiger partial charge < -0.3 is 14.2 Å². The topological polar surface area (TPSA) is 62.1 Å². The van der Waals surface area contributed by atoms with Crippen LogP contribution in [0, 0.1) is 11.3 Å². The van der Waals surface area contributed by atoms with Crippen LogP contribution in [0.3, 0.4) is 0 Å². The van der Waals surface area contributed by atoms with E-state index < -0.39 is 0 Å². The highest BCUT2D eigenvalue weighted by atomic mass is 16.3. The number of hydrogen-bond donors (Lipinski definition) is 1. The van der Waals surface area contributed by atoms with E-state index in [0.29, 0.717) is 18.8 Å². The molecule has 4 nitrogen and oxygen atoms in total. The molecule has 0 aliphatic heterocycles. The Hall–Kier alpha value is -1.99. The highest BCUT2D eigenvalue weighted by molar-refractivity contribution is 5.18. The van der Waals surface area contributed by atoms with Gasteiger partial charge in [0.05, 0.1) is 19.4 Å². The molecule has 2 aromatic rings. The molecule has 2 aromatic heterocycles. The highest BCUT2D eigenvalue weighted by Gasteiger charge is 2.00. The third kappa shape index (κ3) is 2.48. The zero-order valence-corrected chi connectivity index (χ0v) is 8.06. The molecule has 0 bridgehead atoms. The molecule has 0 aromatic carbocycles. The van der Waals surface area contributed by atoms with Gasteiger partial charge >= 0.3 is 0 Å². The largest absolute Gasteiger partial charge is 0.468 e. The molecule has 0 radical (unpaired) electrons. The normalized spacial score (nSPS) is 10.1. The molecular weight excluding hydrogens is 192 g/mol. The lowest BCUT2D eigenvalue weighted by Crippen LogP contribution is -2.11. The van der Waals surface area contributed by atoms with Crippen molar-refractivity contribution >= 4 is 0 Å². The Bertz CT molecular complexity index is 451. The molecule has 0 aliphatic rings. The molecule has 0 aliphatic carbocycles. The van der Waals surface area contributed by atoms with Gasteiger partial charge in [0.1, 0.15) is 17.6 Å². The summed E-state index contributed by atoms with van der Waals surface area (Å²) in [6, 6.07) is 9.12. The number of hydrogen-bond acceptors (Lipinski definition) is 4. The predicted molar refractivity (Wildman–Crippen MR) is 52.7 cm³/mol. The zero-order valence-electron chi connectivity index (χ0n) is 8.06. The average molecular weight is 202 g/mol. The lowest BCUT2D eigenvalue weighted by atomic mass is 10.4. The minimum absolute atomic E-state index is 0.338. The summed E-state index contributed by atoms with van der Waals surface area (Å²) in [7, 11) is 0.